The van der Waals surface area contributed by atoms with Crippen molar-refractivity contribution in [3.63, 3.8) is 0 Å². The summed E-state index contributed by atoms with van der Waals surface area (Å²) in [4.78, 5) is 0. The minimum Gasteiger partial charge on any atom is -0.197 e. The van der Waals surface area contributed by atoms with Gasteiger partial charge in [-0.2, -0.15) is 23.4 Å². The second-order valence-electron chi connectivity index (χ2n) is 0. The Labute approximate surface area is 107 Å². The van der Waals surface area contributed by atoms with Crippen molar-refractivity contribution in [2.24, 2.45) is 0 Å². The van der Waals surface area contributed by atoms with E-state index in [9.17, 15) is 0 Å². The fraction of sp³-hybridized carbons (Fsp3) is 1.00. The van der Waals surface area contributed by atoms with E-state index in [1.165, 1.54) is 0 Å². The Balaban J connectivity index is 0. The van der Waals surface area contributed by atoms with Crippen LogP contribution in [-0.2, 0) is 49.8 Å². The van der Waals surface area contributed by atoms with Gasteiger partial charge in [-0.25, -0.2) is 0 Å². The van der Waals surface area contributed by atoms with Gasteiger partial charge in [0.15, 0.2) is 17.4 Å². The van der Waals surface area contributed by atoms with Crippen molar-refractivity contribution in [2.75, 3.05) is 0 Å². The average Bonchev–Trinajstić information content (AvgIpc) is 0. The number of hydrogen-bond donors (Lipinski definition) is 0. The van der Waals surface area contributed by atoms with E-state index in [1.807, 2.05) is 0 Å². The Morgan fingerprint density at radius 1 is 1.00 bits per heavy atom. The van der Waals surface area contributed by atoms with Gasteiger partial charge in [-0.15, -0.1) is 0 Å². The molecule has 1 unspecified atom stereocenters. The molecule has 6 heteroatoms. The molecule has 0 fully saturated rings. The molecule has 1 atom stereocenters. The molecule has 0 spiro atoms. The van der Waals surface area contributed by atoms with E-state index in [0.717, 1.165) is 0 Å². The van der Waals surface area contributed by atoms with E-state index in [2.05, 4.69) is 0 Å². The van der Waals surface area contributed by atoms with Crippen LogP contribution in [0.5, 0.6) is 0 Å². The zero-order valence-electron chi connectivity index (χ0n) is 2.16. The van der Waals surface area contributed by atoms with E-state index in [1.54, 1.807) is 0 Å². The van der Waals surface area contributed by atoms with Crippen LogP contribution in [0.2, 0.25) is 0 Å². The van der Waals surface area contributed by atoms with Crippen molar-refractivity contribution in [1.29, 1.82) is 0 Å². The van der Waals surface area contributed by atoms with Gasteiger partial charge in [-0.1, -0.05) is 7.43 Å². The fourth-order valence-corrected chi connectivity index (χ4v) is 0. The molecule has 0 saturated heterocycles. The first-order valence-electron chi connectivity index (χ1n) is 0. The Morgan fingerprint density at radius 2 is 1.00 bits per heavy atom. The van der Waals surface area contributed by atoms with E-state index < -0.39 is 0 Å². The molecule has 2 radical (unpaired) electrons. The van der Waals surface area contributed by atoms with Crippen LogP contribution in [0.15, 0.2) is 0 Å². The molecule has 0 rings (SSSR count). The number of rotatable bonds is 0. The Hall–Kier alpha value is 3.15. The minimum absolute atomic E-state index is 0. The molecule has 0 N–H and O–H groups in total. The molecule has 0 nitrogen and oxygen atoms in total. The van der Waals surface area contributed by atoms with Gasteiger partial charge in [-0.3, -0.25) is 0 Å². The molecule has 48 valence electrons. The molecular formula is CH16AlMnPSSiY. The van der Waals surface area contributed by atoms with Crippen LogP contribution in [0.3, 0.4) is 0 Å². The van der Waals surface area contributed by atoms with Crippen LogP contribution in [0.25, 0.3) is 0 Å². The molecule has 0 aliphatic rings. The maximum atomic E-state index is 0. The minimum atomic E-state index is 0. The molecule has 7 heavy (non-hydrogen) atoms. The van der Waals surface area contributed by atoms with Crippen molar-refractivity contribution < 1.29 is 49.8 Å². The van der Waals surface area contributed by atoms with Crippen molar-refractivity contribution in [2.45, 2.75) is 7.43 Å². The van der Waals surface area contributed by atoms with Crippen LogP contribution >= 0.6 is 23.4 Å². The normalized spacial score (nSPS) is 0. The summed E-state index contributed by atoms with van der Waals surface area (Å²) < 4.78 is 0. The molecule has 0 aromatic carbocycles. The monoisotopic (exact) mass is 290 g/mol. The molecule has 0 bridgehead atoms. The molecule has 0 heterocycles. The van der Waals surface area contributed by atoms with Gasteiger partial charge in [-0.05, 0) is 11.0 Å². The van der Waals surface area contributed by atoms with Gasteiger partial charge < -0.3 is 0 Å². The molecule has 0 saturated carbocycles. The quantitative estimate of drug-likeness (QED) is 0.364. The van der Waals surface area contributed by atoms with Gasteiger partial charge >= 0.3 is 0 Å². The fourth-order valence-electron chi connectivity index (χ4n) is 0. The van der Waals surface area contributed by atoms with Crippen LogP contribution in [-0.4, -0.2) is 28.3 Å². The van der Waals surface area contributed by atoms with Gasteiger partial charge in [0.25, 0.3) is 0 Å². The van der Waals surface area contributed by atoms with Crippen molar-refractivity contribution >= 4 is 51.7 Å². The average molecular weight is 290 g/mol. The van der Waals surface area contributed by atoms with Crippen molar-refractivity contribution in [3.05, 3.63) is 0 Å². The van der Waals surface area contributed by atoms with E-state index in [4.69, 9.17) is 0 Å². The summed E-state index contributed by atoms with van der Waals surface area (Å²) in [5.41, 5.74) is 0. The second kappa shape index (κ2) is 61.2. The molecule has 0 aromatic heterocycles. The molecule has 0 aliphatic heterocycles. The summed E-state index contributed by atoms with van der Waals surface area (Å²) in [5.74, 6) is 0. The first-order chi connectivity index (χ1) is 0. The summed E-state index contributed by atoms with van der Waals surface area (Å²) in [6.07, 6.45) is 0. The zero-order valence-corrected chi connectivity index (χ0v) is 8.60. The predicted octanol–water partition coefficient (Wildman–Crippen LogP) is -1.83. The Bertz CT molecular complexity index is 19.7. The predicted molar refractivity (Wildman–Crippen MR) is 49.5 cm³/mol. The third-order valence-corrected chi connectivity index (χ3v) is 0. The third kappa shape index (κ3) is 47.1. The van der Waals surface area contributed by atoms with Crippen LogP contribution in [0.4, 0.5) is 0 Å². The largest absolute Gasteiger partial charge is 0.197 e. The van der Waals surface area contributed by atoms with Crippen molar-refractivity contribution in [3.8, 4) is 0 Å². The topological polar surface area (TPSA) is 0 Å². The van der Waals surface area contributed by atoms with Crippen LogP contribution in [0.1, 0.15) is 7.43 Å². The van der Waals surface area contributed by atoms with Crippen molar-refractivity contribution in [1.82, 2.24) is 0 Å². The second-order valence-corrected chi connectivity index (χ2v) is 0. The van der Waals surface area contributed by atoms with Crippen LogP contribution in [0, 0.1) is 0 Å². The Kier molecular flexibility index (Phi) is 748. The van der Waals surface area contributed by atoms with E-state index in [0.29, 0.717) is 0 Å². The van der Waals surface area contributed by atoms with Gasteiger partial charge in [0.05, 0.1) is 0 Å². The third-order valence-electron chi connectivity index (χ3n) is 0. The summed E-state index contributed by atoms with van der Waals surface area (Å²) in [7, 11) is 0. The first-order valence-corrected chi connectivity index (χ1v) is 0. The standard InChI is InChI=1S/CH4.Al.Mn.H3P.H2S.H4Si.Y.3H/h1H4;;;1H3;1H2;1H4;;;;. The molecule has 0 aliphatic carbocycles. The first kappa shape index (κ1) is 85.6. The smallest absolute Gasteiger partial charge is 0.187 e. The molecule has 0 aromatic rings. The van der Waals surface area contributed by atoms with E-state index in [-0.39, 0.29) is 109 Å². The SMILES string of the molecule is C.P.S.[AlH3].[Mn].[SiH4].[Y]. The summed E-state index contributed by atoms with van der Waals surface area (Å²) in [5, 5.41) is 0. The van der Waals surface area contributed by atoms with Gasteiger partial charge in [0, 0.05) is 49.8 Å². The zero-order chi connectivity index (χ0) is 0. The van der Waals surface area contributed by atoms with Gasteiger partial charge in [0.2, 0.25) is 0 Å². The summed E-state index contributed by atoms with van der Waals surface area (Å²) in [6, 6.07) is 0. The maximum Gasteiger partial charge on any atom is 0.187 e. The molecule has 0 amide bonds. The van der Waals surface area contributed by atoms with Gasteiger partial charge in [0.1, 0.15) is 0 Å². The number of hydrogen-bond acceptors (Lipinski definition) is 0. The van der Waals surface area contributed by atoms with E-state index >= 15 is 0 Å². The molecular weight excluding hydrogens is 274 g/mol. The van der Waals surface area contributed by atoms with Crippen LogP contribution < -0.4 is 0 Å². The maximum absolute atomic E-state index is 0. The Morgan fingerprint density at radius 3 is 1.00 bits per heavy atom. The summed E-state index contributed by atoms with van der Waals surface area (Å²) >= 11 is 0. The summed E-state index contributed by atoms with van der Waals surface area (Å²) in [6.45, 7) is 0.